The predicted octanol–water partition coefficient (Wildman–Crippen LogP) is 3.96. The Bertz CT molecular complexity index is 289. The smallest absolute Gasteiger partial charge is 0 e. The van der Waals surface area contributed by atoms with Crippen molar-refractivity contribution in [1.29, 1.82) is 0 Å². The number of rotatable bonds is 3. The van der Waals surface area contributed by atoms with Crippen LogP contribution in [0.5, 0.6) is 0 Å². The van der Waals surface area contributed by atoms with Gasteiger partial charge in [0.1, 0.15) is 0 Å². The molecule has 0 aromatic heterocycles. The molecule has 2 aromatic carbocycles. The molecule has 0 radical (unpaired) electrons. The van der Waals surface area contributed by atoms with Crippen molar-refractivity contribution in [2.75, 3.05) is 12.3 Å². The van der Waals surface area contributed by atoms with Crippen LogP contribution in [0, 0.1) is 0 Å². The van der Waals surface area contributed by atoms with E-state index in [0.29, 0.717) is 0 Å². The van der Waals surface area contributed by atoms with Crippen molar-refractivity contribution >= 4 is 13.2 Å². The summed E-state index contributed by atoms with van der Waals surface area (Å²) in [5.74, 6) is 0. The molecule has 0 saturated heterocycles. The molecule has 96 valence electrons. The zero-order valence-electron chi connectivity index (χ0n) is 9.87. The molecule has 0 unspecified atom stereocenters. The van der Waals surface area contributed by atoms with Crippen molar-refractivity contribution < 1.29 is 16.5 Å². The first kappa shape index (κ1) is 15.6. The first-order chi connectivity index (χ1) is 7.38. The quantitative estimate of drug-likeness (QED) is 0.452. The fourth-order valence-corrected chi connectivity index (χ4v) is 3.26. The molecule has 0 aliphatic heterocycles. The normalized spacial score (nSPS) is 9.19. The van der Waals surface area contributed by atoms with Gasteiger partial charge in [0.2, 0.25) is 0 Å². The molecule has 0 fully saturated rings. The van der Waals surface area contributed by atoms with Gasteiger partial charge in [-0.05, 0) is 12.3 Å². The predicted molar refractivity (Wildman–Crippen MR) is 71.7 cm³/mol. The van der Waals surface area contributed by atoms with Crippen molar-refractivity contribution in [2.45, 2.75) is 13.8 Å². The number of hydrogen-bond acceptors (Lipinski definition) is 0. The summed E-state index contributed by atoms with van der Waals surface area (Å²) in [7, 11) is 0.186. The Kier molecular flexibility index (Phi) is 9.59. The molecule has 2 rings (SSSR count). The molecule has 0 aliphatic rings. The van der Waals surface area contributed by atoms with Crippen LogP contribution in [-0.4, -0.2) is 12.3 Å². The summed E-state index contributed by atoms with van der Waals surface area (Å²) < 4.78 is 0. The van der Waals surface area contributed by atoms with Crippen LogP contribution in [-0.2, 0) is 16.5 Å². The molecule has 0 heterocycles. The second-order valence-electron chi connectivity index (χ2n) is 3.28. The van der Waals surface area contributed by atoms with E-state index < -0.39 is 0 Å². The van der Waals surface area contributed by atoms with Crippen LogP contribution in [0.2, 0.25) is 0 Å². The van der Waals surface area contributed by atoms with Crippen LogP contribution in [0.4, 0.5) is 0 Å². The minimum Gasteiger partial charge on any atom is -0.748 e. The van der Waals surface area contributed by atoms with E-state index in [1.807, 2.05) is 30.3 Å². The average molecular weight is 277 g/mol. The van der Waals surface area contributed by atoms with Gasteiger partial charge in [0, 0.05) is 16.5 Å². The molecule has 0 atom stereocenters. The molecule has 0 spiro atoms. The van der Waals surface area contributed by atoms with Crippen molar-refractivity contribution in [1.82, 2.24) is 0 Å². The van der Waals surface area contributed by atoms with Gasteiger partial charge in [-0.3, -0.25) is 0 Å². The van der Waals surface area contributed by atoms with Gasteiger partial charge < -0.3 is 30.3 Å². The minimum atomic E-state index is 0. The number of hydrogen-bond donors (Lipinski definition) is 0. The van der Waals surface area contributed by atoms with Crippen LogP contribution >= 0.6 is 7.92 Å². The van der Waals surface area contributed by atoms with E-state index in [2.05, 4.69) is 38.1 Å². The zero-order chi connectivity index (χ0) is 10.9. The third-order valence-electron chi connectivity index (χ3n) is 2.33. The van der Waals surface area contributed by atoms with Gasteiger partial charge in [-0.2, -0.15) is 12.1 Å². The second kappa shape index (κ2) is 9.82. The largest absolute Gasteiger partial charge is 0.748 e. The van der Waals surface area contributed by atoms with E-state index in [1.54, 1.807) is 5.30 Å². The summed E-state index contributed by atoms with van der Waals surface area (Å²) >= 11 is 0. The summed E-state index contributed by atoms with van der Waals surface area (Å²) in [5.41, 5.74) is 0. The standard InChI is InChI=1S/C9H14P.C5H5.Ni/c1-3-10(4-2)9-7-5-6-8-9;1-2-4-5-3-1;/h5-8H,3-4H2,1-2H3;1-5H;/q-1;-5;. The Morgan fingerprint density at radius 2 is 1.25 bits per heavy atom. The first-order valence-corrected chi connectivity index (χ1v) is 7.23. The Hall–Kier alpha value is -0.376. The van der Waals surface area contributed by atoms with E-state index in [4.69, 9.17) is 0 Å². The van der Waals surface area contributed by atoms with E-state index in [1.165, 1.54) is 12.3 Å². The third kappa shape index (κ3) is 5.64. The van der Waals surface area contributed by atoms with Crippen molar-refractivity contribution in [3.05, 3.63) is 54.6 Å². The molecular formula is C14H19NiP-6. The van der Waals surface area contributed by atoms with Crippen molar-refractivity contribution in [2.24, 2.45) is 0 Å². The molecule has 16 heavy (non-hydrogen) atoms. The van der Waals surface area contributed by atoms with E-state index in [9.17, 15) is 0 Å². The Labute approximate surface area is 110 Å². The van der Waals surface area contributed by atoms with Crippen LogP contribution in [0.15, 0.2) is 54.6 Å². The summed E-state index contributed by atoms with van der Waals surface area (Å²) in [6.45, 7) is 4.56. The average Bonchev–Trinajstić information content (AvgIpc) is 2.96. The minimum absolute atomic E-state index is 0. The van der Waals surface area contributed by atoms with Gasteiger partial charge in [0.15, 0.2) is 0 Å². The van der Waals surface area contributed by atoms with Crippen molar-refractivity contribution in [3.63, 3.8) is 0 Å². The SMILES string of the molecule is CCP(CC)[c-]1cccc1.[Ni].[cH-]1[cH-][cH-][cH-][cH-]1. The first-order valence-electron chi connectivity index (χ1n) is 5.51. The van der Waals surface area contributed by atoms with Gasteiger partial charge in [0.25, 0.3) is 0 Å². The summed E-state index contributed by atoms with van der Waals surface area (Å²) in [4.78, 5) is 0. The van der Waals surface area contributed by atoms with Crippen molar-refractivity contribution in [3.8, 4) is 0 Å². The maximum Gasteiger partial charge on any atom is 0 e. The monoisotopic (exact) mass is 276 g/mol. The Morgan fingerprint density at radius 3 is 1.56 bits per heavy atom. The maximum absolute atomic E-state index is 2.28. The molecule has 2 aromatic rings. The summed E-state index contributed by atoms with van der Waals surface area (Å²) in [6, 6.07) is 18.8. The van der Waals surface area contributed by atoms with Crippen LogP contribution in [0.3, 0.4) is 0 Å². The Balaban J connectivity index is 0.000000318. The van der Waals surface area contributed by atoms with Gasteiger partial charge in [0.05, 0.1) is 0 Å². The van der Waals surface area contributed by atoms with E-state index in [-0.39, 0.29) is 24.4 Å². The fourth-order valence-electron chi connectivity index (χ4n) is 1.48. The van der Waals surface area contributed by atoms with Crippen LogP contribution < -0.4 is 5.30 Å². The van der Waals surface area contributed by atoms with Crippen LogP contribution in [0.1, 0.15) is 13.8 Å². The topological polar surface area (TPSA) is 0 Å². The van der Waals surface area contributed by atoms with E-state index >= 15 is 0 Å². The molecule has 0 N–H and O–H groups in total. The molecule has 0 saturated carbocycles. The van der Waals surface area contributed by atoms with Crippen LogP contribution in [0.25, 0.3) is 0 Å². The third-order valence-corrected chi connectivity index (χ3v) is 4.88. The summed E-state index contributed by atoms with van der Waals surface area (Å²) in [6.07, 6.45) is 2.66. The van der Waals surface area contributed by atoms with Gasteiger partial charge in [-0.1, -0.05) is 13.8 Å². The van der Waals surface area contributed by atoms with Gasteiger partial charge in [-0.15, -0.1) is 13.2 Å². The Morgan fingerprint density at radius 1 is 0.875 bits per heavy atom. The molecule has 0 bridgehead atoms. The van der Waals surface area contributed by atoms with Gasteiger partial charge >= 0.3 is 0 Å². The van der Waals surface area contributed by atoms with E-state index in [0.717, 1.165) is 0 Å². The fraction of sp³-hybridized carbons (Fsp3) is 0.286. The molecule has 0 amide bonds. The zero-order valence-corrected chi connectivity index (χ0v) is 11.8. The molecule has 2 heteroatoms. The maximum atomic E-state index is 2.28. The molecular weight excluding hydrogens is 258 g/mol. The molecule has 0 nitrogen and oxygen atoms in total. The second-order valence-corrected chi connectivity index (χ2v) is 6.14. The summed E-state index contributed by atoms with van der Waals surface area (Å²) in [5, 5.41) is 1.57. The van der Waals surface area contributed by atoms with Gasteiger partial charge in [-0.25, -0.2) is 12.1 Å². The molecule has 0 aliphatic carbocycles.